The SMILES string of the molecule is CCCOc1ccc(S(=O)(=O)NCC(O)c2cccc3ccccc23)cc1. The molecule has 27 heavy (non-hydrogen) atoms. The van der Waals surface area contributed by atoms with Crippen molar-refractivity contribution in [3.05, 3.63) is 72.3 Å². The summed E-state index contributed by atoms with van der Waals surface area (Å²) < 4.78 is 32.9. The highest BCUT2D eigenvalue weighted by molar-refractivity contribution is 7.89. The van der Waals surface area contributed by atoms with E-state index in [1.807, 2.05) is 43.3 Å². The molecule has 0 aliphatic carbocycles. The van der Waals surface area contributed by atoms with Crippen LogP contribution in [0, 0.1) is 0 Å². The van der Waals surface area contributed by atoms with Crippen LogP contribution in [0.3, 0.4) is 0 Å². The van der Waals surface area contributed by atoms with Crippen molar-refractivity contribution in [3.8, 4) is 5.75 Å². The number of hydrogen-bond donors (Lipinski definition) is 2. The first-order valence-electron chi connectivity index (χ1n) is 8.89. The molecule has 0 fully saturated rings. The second-order valence-electron chi connectivity index (χ2n) is 6.26. The Balaban J connectivity index is 1.71. The fourth-order valence-electron chi connectivity index (χ4n) is 2.86. The molecule has 0 saturated carbocycles. The standard InChI is InChI=1S/C21H23NO4S/c1-2-14-26-17-10-12-18(13-11-17)27(24,25)22-15-21(23)20-9-5-7-16-6-3-4-8-19(16)20/h3-13,21-23H,2,14-15H2,1H3. The van der Waals surface area contributed by atoms with Crippen LogP contribution >= 0.6 is 0 Å². The molecule has 0 saturated heterocycles. The predicted molar refractivity (Wildman–Crippen MR) is 106 cm³/mol. The Kier molecular flexibility index (Phi) is 6.11. The van der Waals surface area contributed by atoms with Crippen LogP contribution in [0.2, 0.25) is 0 Å². The molecular formula is C21H23NO4S. The molecule has 2 N–H and O–H groups in total. The molecule has 3 aromatic rings. The van der Waals surface area contributed by atoms with Crippen LogP contribution in [0.1, 0.15) is 25.0 Å². The first kappa shape index (κ1) is 19.4. The van der Waals surface area contributed by atoms with Crippen molar-refractivity contribution in [3.63, 3.8) is 0 Å². The van der Waals surface area contributed by atoms with Gasteiger partial charge in [-0.2, -0.15) is 0 Å². The van der Waals surface area contributed by atoms with E-state index in [0.717, 1.165) is 17.2 Å². The van der Waals surface area contributed by atoms with Crippen molar-refractivity contribution >= 4 is 20.8 Å². The van der Waals surface area contributed by atoms with Crippen molar-refractivity contribution in [1.29, 1.82) is 0 Å². The lowest BCUT2D eigenvalue weighted by atomic mass is 10.0. The minimum absolute atomic E-state index is 0.107. The van der Waals surface area contributed by atoms with E-state index in [1.165, 1.54) is 12.1 Å². The zero-order valence-corrected chi connectivity index (χ0v) is 15.9. The van der Waals surface area contributed by atoms with E-state index in [-0.39, 0.29) is 11.4 Å². The third kappa shape index (κ3) is 4.66. The summed E-state index contributed by atoms with van der Waals surface area (Å²) in [6.07, 6.45) is -0.0637. The Morgan fingerprint density at radius 1 is 1.00 bits per heavy atom. The number of aliphatic hydroxyl groups excluding tert-OH is 1. The average molecular weight is 385 g/mol. The van der Waals surface area contributed by atoms with Crippen LogP contribution in [-0.2, 0) is 10.0 Å². The highest BCUT2D eigenvalue weighted by atomic mass is 32.2. The minimum Gasteiger partial charge on any atom is -0.494 e. The summed E-state index contributed by atoms with van der Waals surface area (Å²) in [6.45, 7) is 2.48. The van der Waals surface area contributed by atoms with Gasteiger partial charge >= 0.3 is 0 Å². The Labute approximate surface area is 159 Å². The number of benzene rings is 3. The van der Waals surface area contributed by atoms with Gasteiger partial charge in [0.05, 0.1) is 17.6 Å². The van der Waals surface area contributed by atoms with Crippen LogP contribution in [-0.4, -0.2) is 26.7 Å². The third-order valence-corrected chi connectivity index (χ3v) is 5.70. The van der Waals surface area contributed by atoms with Gasteiger partial charge in [0, 0.05) is 6.54 Å². The molecule has 0 amide bonds. The van der Waals surface area contributed by atoms with Gasteiger partial charge in [0.2, 0.25) is 10.0 Å². The van der Waals surface area contributed by atoms with Crippen LogP contribution in [0.25, 0.3) is 10.8 Å². The molecule has 0 aliphatic heterocycles. The van der Waals surface area contributed by atoms with E-state index in [2.05, 4.69) is 4.72 Å². The number of ether oxygens (including phenoxy) is 1. The number of rotatable bonds is 8. The van der Waals surface area contributed by atoms with Crippen LogP contribution in [0.15, 0.2) is 71.6 Å². The van der Waals surface area contributed by atoms with Gasteiger partial charge in [-0.1, -0.05) is 49.4 Å². The summed E-state index contributed by atoms with van der Waals surface area (Å²) in [7, 11) is -3.72. The van der Waals surface area contributed by atoms with Crippen molar-refractivity contribution in [1.82, 2.24) is 4.72 Å². The molecule has 0 spiro atoms. The molecule has 6 heteroatoms. The Morgan fingerprint density at radius 2 is 1.70 bits per heavy atom. The highest BCUT2D eigenvalue weighted by Crippen LogP contribution is 2.24. The van der Waals surface area contributed by atoms with E-state index in [1.54, 1.807) is 18.2 Å². The summed E-state index contributed by atoms with van der Waals surface area (Å²) in [6, 6.07) is 19.6. The summed E-state index contributed by atoms with van der Waals surface area (Å²) in [4.78, 5) is 0.136. The second kappa shape index (κ2) is 8.52. The van der Waals surface area contributed by atoms with Gasteiger partial charge in [-0.25, -0.2) is 13.1 Å². The molecule has 3 aromatic carbocycles. The fraction of sp³-hybridized carbons (Fsp3) is 0.238. The van der Waals surface area contributed by atoms with E-state index < -0.39 is 16.1 Å². The van der Waals surface area contributed by atoms with Crippen molar-refractivity contribution in [2.24, 2.45) is 0 Å². The Hall–Kier alpha value is -2.41. The van der Waals surface area contributed by atoms with Gasteiger partial charge in [0.15, 0.2) is 0 Å². The normalized spacial score (nSPS) is 12.8. The number of fused-ring (bicyclic) bond motifs is 1. The second-order valence-corrected chi connectivity index (χ2v) is 8.02. The summed E-state index contributed by atoms with van der Waals surface area (Å²) in [5.41, 5.74) is 0.694. The smallest absolute Gasteiger partial charge is 0.240 e. The van der Waals surface area contributed by atoms with Gasteiger partial charge in [-0.05, 0) is 47.0 Å². The molecule has 3 rings (SSSR count). The average Bonchev–Trinajstić information content (AvgIpc) is 2.70. The third-order valence-electron chi connectivity index (χ3n) is 4.26. The van der Waals surface area contributed by atoms with Gasteiger partial charge < -0.3 is 9.84 Å². The highest BCUT2D eigenvalue weighted by Gasteiger charge is 2.18. The Morgan fingerprint density at radius 3 is 2.44 bits per heavy atom. The molecule has 0 radical (unpaired) electrons. The van der Waals surface area contributed by atoms with E-state index >= 15 is 0 Å². The molecule has 1 atom stereocenters. The van der Waals surface area contributed by atoms with E-state index in [0.29, 0.717) is 17.9 Å². The van der Waals surface area contributed by atoms with Gasteiger partial charge in [0.1, 0.15) is 5.75 Å². The predicted octanol–water partition coefficient (Wildman–Crippen LogP) is 3.64. The van der Waals surface area contributed by atoms with Crippen molar-refractivity contribution < 1.29 is 18.3 Å². The lowest BCUT2D eigenvalue weighted by Crippen LogP contribution is -2.28. The fourth-order valence-corrected chi connectivity index (χ4v) is 3.90. The molecule has 0 heterocycles. The summed E-state index contributed by atoms with van der Waals surface area (Å²) >= 11 is 0. The molecule has 1 unspecified atom stereocenters. The maximum Gasteiger partial charge on any atom is 0.240 e. The monoisotopic (exact) mass is 385 g/mol. The lowest BCUT2D eigenvalue weighted by molar-refractivity contribution is 0.183. The first-order chi connectivity index (χ1) is 13.0. The largest absolute Gasteiger partial charge is 0.494 e. The van der Waals surface area contributed by atoms with Gasteiger partial charge in [-0.3, -0.25) is 0 Å². The maximum atomic E-state index is 12.5. The number of aliphatic hydroxyl groups is 1. The number of sulfonamides is 1. The summed E-state index contributed by atoms with van der Waals surface area (Å²) in [5.74, 6) is 0.631. The number of nitrogens with one attached hydrogen (secondary N) is 1. The molecule has 0 aromatic heterocycles. The number of hydrogen-bond acceptors (Lipinski definition) is 4. The molecule has 0 aliphatic rings. The van der Waals surface area contributed by atoms with Crippen molar-refractivity contribution in [2.75, 3.05) is 13.2 Å². The van der Waals surface area contributed by atoms with Crippen LogP contribution < -0.4 is 9.46 Å². The lowest BCUT2D eigenvalue weighted by Gasteiger charge is -2.15. The topological polar surface area (TPSA) is 75.6 Å². The zero-order valence-electron chi connectivity index (χ0n) is 15.1. The van der Waals surface area contributed by atoms with Crippen molar-refractivity contribution in [2.45, 2.75) is 24.3 Å². The molecular weight excluding hydrogens is 362 g/mol. The van der Waals surface area contributed by atoms with Gasteiger partial charge in [0.25, 0.3) is 0 Å². The van der Waals surface area contributed by atoms with Gasteiger partial charge in [-0.15, -0.1) is 0 Å². The first-order valence-corrected chi connectivity index (χ1v) is 10.4. The Bertz CT molecular complexity index is 995. The molecule has 5 nitrogen and oxygen atoms in total. The molecule has 142 valence electrons. The van der Waals surface area contributed by atoms with Crippen LogP contribution in [0.5, 0.6) is 5.75 Å². The van der Waals surface area contributed by atoms with E-state index in [4.69, 9.17) is 4.74 Å². The van der Waals surface area contributed by atoms with E-state index in [9.17, 15) is 13.5 Å². The quantitative estimate of drug-likeness (QED) is 0.621. The minimum atomic E-state index is -3.72. The van der Waals surface area contributed by atoms with Crippen LogP contribution in [0.4, 0.5) is 0 Å². The maximum absolute atomic E-state index is 12.5. The summed E-state index contributed by atoms with van der Waals surface area (Å²) in [5, 5.41) is 12.4. The zero-order chi connectivity index (χ0) is 19.3. The molecule has 0 bridgehead atoms.